The van der Waals surface area contributed by atoms with Crippen LogP contribution in [0.5, 0.6) is 0 Å². The van der Waals surface area contributed by atoms with E-state index >= 15 is 0 Å². The van der Waals surface area contributed by atoms with Crippen LogP contribution in [0.1, 0.15) is 49.3 Å². The molecule has 3 atom stereocenters. The Labute approximate surface area is 179 Å². The maximum absolute atomic E-state index is 12.0. The maximum Gasteiger partial charge on any atom is 0.315 e. The van der Waals surface area contributed by atoms with E-state index in [0.29, 0.717) is 42.7 Å². The SMILES string of the molecule is Cc1cc(C)n2nc(CCCOC(=O)CCCC[C@@H]3SC[C@@H]4NC(=O)N[C@@H]43)nc2n1. The molecule has 9 nitrogen and oxygen atoms in total. The van der Waals surface area contributed by atoms with Crippen LogP contribution < -0.4 is 10.6 Å². The van der Waals surface area contributed by atoms with Gasteiger partial charge in [-0.15, -0.1) is 5.10 Å². The van der Waals surface area contributed by atoms with Crippen LogP contribution in [-0.2, 0) is 16.0 Å². The third-order valence-corrected chi connectivity index (χ3v) is 7.04. The third kappa shape index (κ3) is 4.85. The minimum Gasteiger partial charge on any atom is -0.466 e. The number of hydrogen-bond donors (Lipinski definition) is 2. The lowest BCUT2D eigenvalue weighted by Crippen LogP contribution is -2.36. The van der Waals surface area contributed by atoms with Crippen molar-refractivity contribution < 1.29 is 14.3 Å². The van der Waals surface area contributed by atoms with Crippen LogP contribution in [0.3, 0.4) is 0 Å². The number of fused-ring (bicyclic) bond motifs is 2. The molecule has 0 unspecified atom stereocenters. The van der Waals surface area contributed by atoms with Gasteiger partial charge in [0.05, 0.1) is 18.7 Å². The van der Waals surface area contributed by atoms with Crippen molar-refractivity contribution in [2.24, 2.45) is 0 Å². The predicted octanol–water partition coefficient (Wildman–Crippen LogP) is 1.94. The number of carbonyl (C=O) groups excluding carboxylic acids is 2. The molecule has 2 fully saturated rings. The number of nitrogens with zero attached hydrogens (tertiary/aromatic N) is 4. The van der Waals surface area contributed by atoms with Crippen molar-refractivity contribution in [3.05, 3.63) is 23.3 Å². The van der Waals surface area contributed by atoms with Gasteiger partial charge in [-0.1, -0.05) is 6.42 Å². The molecule has 0 bridgehead atoms. The second-order valence-corrected chi connectivity index (χ2v) is 9.24. The van der Waals surface area contributed by atoms with E-state index in [1.807, 2.05) is 31.7 Å². The molecule has 0 radical (unpaired) electrons. The highest BCUT2D eigenvalue weighted by molar-refractivity contribution is 8.00. The van der Waals surface area contributed by atoms with Gasteiger partial charge in [0.1, 0.15) is 0 Å². The molecule has 0 spiro atoms. The highest BCUT2D eigenvalue weighted by atomic mass is 32.2. The lowest BCUT2D eigenvalue weighted by atomic mass is 10.0. The smallest absolute Gasteiger partial charge is 0.315 e. The Morgan fingerprint density at radius 1 is 1.27 bits per heavy atom. The number of nitrogens with one attached hydrogen (secondary N) is 2. The molecule has 0 aliphatic carbocycles. The number of unbranched alkanes of at least 4 members (excludes halogenated alkanes) is 1. The van der Waals surface area contributed by atoms with Gasteiger partial charge >= 0.3 is 12.0 Å². The summed E-state index contributed by atoms with van der Waals surface area (Å²) in [4.78, 5) is 32.2. The molecular weight excluding hydrogens is 404 g/mol. The first-order valence-electron chi connectivity index (χ1n) is 10.5. The average molecular weight is 433 g/mol. The van der Waals surface area contributed by atoms with Gasteiger partial charge in [-0.3, -0.25) is 4.79 Å². The Morgan fingerprint density at radius 2 is 2.13 bits per heavy atom. The summed E-state index contributed by atoms with van der Waals surface area (Å²) in [5.41, 5.74) is 1.92. The largest absolute Gasteiger partial charge is 0.466 e. The highest BCUT2D eigenvalue weighted by Gasteiger charge is 2.42. The van der Waals surface area contributed by atoms with Gasteiger partial charge in [0.2, 0.25) is 0 Å². The fourth-order valence-electron chi connectivity index (χ4n) is 4.06. The zero-order valence-electron chi connectivity index (χ0n) is 17.4. The molecule has 2 N–H and O–H groups in total. The Hall–Kier alpha value is -2.36. The van der Waals surface area contributed by atoms with Crippen LogP contribution in [0.2, 0.25) is 0 Å². The first-order valence-corrected chi connectivity index (χ1v) is 11.6. The van der Waals surface area contributed by atoms with Crippen LogP contribution in [0.4, 0.5) is 4.79 Å². The number of urea groups is 1. The first-order chi connectivity index (χ1) is 14.5. The summed E-state index contributed by atoms with van der Waals surface area (Å²) in [6.07, 6.45) is 4.56. The number of aryl methyl sites for hydroxylation is 3. The zero-order valence-corrected chi connectivity index (χ0v) is 18.2. The number of ether oxygens (including phenoxy) is 1. The number of amides is 2. The molecule has 2 aliphatic heterocycles. The van der Waals surface area contributed by atoms with E-state index < -0.39 is 0 Å². The van der Waals surface area contributed by atoms with E-state index in [9.17, 15) is 9.59 Å². The van der Waals surface area contributed by atoms with Gasteiger partial charge in [0, 0.05) is 35.2 Å². The van der Waals surface area contributed by atoms with Crippen molar-refractivity contribution in [1.82, 2.24) is 30.2 Å². The summed E-state index contributed by atoms with van der Waals surface area (Å²) in [5, 5.41) is 10.8. The van der Waals surface area contributed by atoms with Gasteiger partial charge in [0.25, 0.3) is 5.78 Å². The molecule has 162 valence electrons. The van der Waals surface area contributed by atoms with Crippen LogP contribution in [0.25, 0.3) is 5.78 Å². The molecule has 30 heavy (non-hydrogen) atoms. The molecule has 2 aromatic heterocycles. The van der Waals surface area contributed by atoms with Gasteiger partial charge in [-0.25, -0.2) is 14.3 Å². The minimum atomic E-state index is -0.154. The minimum absolute atomic E-state index is 0.0563. The maximum atomic E-state index is 12.0. The zero-order chi connectivity index (χ0) is 21.1. The Bertz CT molecular complexity index is 933. The number of esters is 1. The van der Waals surface area contributed by atoms with E-state index in [2.05, 4.69) is 25.7 Å². The van der Waals surface area contributed by atoms with Gasteiger partial charge in [-0.05, 0) is 39.2 Å². The van der Waals surface area contributed by atoms with Crippen LogP contribution in [0, 0.1) is 13.8 Å². The fourth-order valence-corrected chi connectivity index (χ4v) is 5.60. The van der Waals surface area contributed by atoms with E-state index in [1.54, 1.807) is 4.52 Å². The number of thioether (sulfide) groups is 1. The summed E-state index contributed by atoms with van der Waals surface area (Å²) >= 11 is 1.90. The topological polar surface area (TPSA) is 111 Å². The molecule has 2 aromatic rings. The lowest BCUT2D eigenvalue weighted by molar-refractivity contribution is -0.143. The van der Waals surface area contributed by atoms with Crippen molar-refractivity contribution in [1.29, 1.82) is 0 Å². The molecule has 4 heterocycles. The number of aromatic nitrogens is 4. The molecule has 0 saturated carbocycles. The fraction of sp³-hybridized carbons (Fsp3) is 0.650. The van der Waals surface area contributed by atoms with Crippen molar-refractivity contribution >= 4 is 29.5 Å². The van der Waals surface area contributed by atoms with Crippen LogP contribution >= 0.6 is 11.8 Å². The molecule has 2 saturated heterocycles. The summed E-state index contributed by atoms with van der Waals surface area (Å²) in [6.45, 7) is 4.29. The van der Waals surface area contributed by atoms with Crippen molar-refractivity contribution in [2.75, 3.05) is 12.4 Å². The molecule has 2 aliphatic rings. The standard InChI is InChI=1S/C20H28N6O3S/c1-12-10-13(2)26-19(21-12)23-16(25-26)7-5-9-29-17(27)8-4-3-6-15-18-14(11-30-15)22-20(28)24-18/h10,14-15,18H,3-9,11H2,1-2H3,(H2,22,24,28)/t14-,15-,18-/m0/s1. The van der Waals surface area contributed by atoms with E-state index in [0.717, 1.165) is 36.4 Å². The Kier molecular flexibility index (Phi) is 6.40. The normalized spacial score (nSPS) is 22.7. The molecular formula is C20H28N6O3S. The van der Waals surface area contributed by atoms with Crippen molar-refractivity contribution in [3.63, 3.8) is 0 Å². The number of rotatable bonds is 9. The van der Waals surface area contributed by atoms with E-state index in [-0.39, 0.29) is 24.1 Å². The van der Waals surface area contributed by atoms with E-state index in [4.69, 9.17) is 4.74 Å². The molecule has 10 heteroatoms. The lowest BCUT2D eigenvalue weighted by Gasteiger charge is -2.16. The highest BCUT2D eigenvalue weighted by Crippen LogP contribution is 2.33. The molecule has 0 aromatic carbocycles. The second kappa shape index (κ2) is 9.20. The summed E-state index contributed by atoms with van der Waals surface area (Å²) in [5.74, 6) is 2.14. The molecule has 4 rings (SSSR count). The van der Waals surface area contributed by atoms with E-state index in [1.165, 1.54) is 0 Å². The van der Waals surface area contributed by atoms with Crippen LogP contribution in [0.15, 0.2) is 6.07 Å². The van der Waals surface area contributed by atoms with Gasteiger partial charge in [-0.2, -0.15) is 16.7 Å². The van der Waals surface area contributed by atoms with Crippen molar-refractivity contribution in [3.8, 4) is 0 Å². The molecule has 2 amide bonds. The third-order valence-electron chi connectivity index (χ3n) is 5.53. The first kappa shape index (κ1) is 20.9. The number of hydrogen-bond acceptors (Lipinski definition) is 7. The Balaban J connectivity index is 1.10. The summed E-state index contributed by atoms with van der Waals surface area (Å²) in [6, 6.07) is 2.39. The van der Waals surface area contributed by atoms with Crippen molar-refractivity contribution in [2.45, 2.75) is 69.7 Å². The summed E-state index contributed by atoms with van der Waals surface area (Å²) < 4.78 is 7.09. The second-order valence-electron chi connectivity index (χ2n) is 7.97. The number of carbonyl (C=O) groups is 2. The van der Waals surface area contributed by atoms with Crippen LogP contribution in [-0.4, -0.2) is 61.3 Å². The van der Waals surface area contributed by atoms with Gasteiger partial charge in [0.15, 0.2) is 5.82 Å². The predicted molar refractivity (Wildman–Crippen MR) is 113 cm³/mol. The quantitative estimate of drug-likeness (QED) is 0.354. The Morgan fingerprint density at radius 3 is 3.00 bits per heavy atom. The monoisotopic (exact) mass is 432 g/mol. The van der Waals surface area contributed by atoms with Gasteiger partial charge < -0.3 is 15.4 Å². The summed E-state index contributed by atoms with van der Waals surface area (Å²) in [7, 11) is 0. The average Bonchev–Trinajstić information content (AvgIpc) is 3.37.